The topological polar surface area (TPSA) is 80.1 Å². The number of ether oxygens (including phenoxy) is 1. The van der Waals surface area contributed by atoms with Crippen molar-refractivity contribution in [3.05, 3.63) is 76.7 Å². The van der Waals surface area contributed by atoms with Gasteiger partial charge in [-0.05, 0) is 48.9 Å². The van der Waals surface area contributed by atoms with E-state index in [1.165, 1.54) is 12.1 Å². The molecule has 1 aliphatic heterocycles. The van der Waals surface area contributed by atoms with Crippen LogP contribution < -0.4 is 15.4 Å². The summed E-state index contributed by atoms with van der Waals surface area (Å²) in [5.74, 6) is 0.102. The van der Waals surface area contributed by atoms with Crippen molar-refractivity contribution in [3.63, 3.8) is 0 Å². The van der Waals surface area contributed by atoms with E-state index >= 15 is 0 Å². The van der Waals surface area contributed by atoms with Crippen LogP contribution in [0.25, 0.3) is 11.3 Å². The van der Waals surface area contributed by atoms with Crippen molar-refractivity contribution in [2.24, 2.45) is 5.73 Å². The van der Waals surface area contributed by atoms with Gasteiger partial charge in [0.25, 0.3) is 0 Å². The van der Waals surface area contributed by atoms with Gasteiger partial charge < -0.3 is 9.64 Å². The molecular weight excluding hydrogens is 369 g/mol. The van der Waals surface area contributed by atoms with Crippen LogP contribution in [0.15, 0.2) is 54.1 Å². The van der Waals surface area contributed by atoms with Gasteiger partial charge in [0.15, 0.2) is 6.23 Å². The molecule has 1 atom stereocenters. The zero-order chi connectivity index (χ0) is 20.7. The van der Waals surface area contributed by atoms with Gasteiger partial charge in [-0.3, -0.25) is 5.73 Å². The molecule has 3 aromatic rings. The molecule has 2 aromatic carbocycles. The average Bonchev–Trinajstić information content (AvgIpc) is 3.03. The largest absolute Gasteiger partial charge is 0.453 e. The van der Waals surface area contributed by atoms with Crippen LogP contribution in [0.4, 0.5) is 10.1 Å². The van der Waals surface area contributed by atoms with Gasteiger partial charge in [-0.1, -0.05) is 12.1 Å². The Hall–Kier alpha value is -3.63. The Morgan fingerprint density at radius 2 is 1.79 bits per heavy atom. The zero-order valence-corrected chi connectivity index (χ0v) is 16.3. The molecule has 0 amide bonds. The van der Waals surface area contributed by atoms with Gasteiger partial charge in [0, 0.05) is 25.4 Å². The summed E-state index contributed by atoms with van der Waals surface area (Å²) in [7, 11) is 3.93. The van der Waals surface area contributed by atoms with Gasteiger partial charge in [0.1, 0.15) is 11.9 Å². The third-order valence-corrected chi connectivity index (χ3v) is 4.92. The van der Waals surface area contributed by atoms with Gasteiger partial charge in [-0.15, -0.1) is 0 Å². The van der Waals surface area contributed by atoms with Crippen LogP contribution in [0.2, 0.25) is 0 Å². The fraction of sp³-hybridized carbons (Fsp3) is 0.182. The number of nitrogens with zero attached hydrogens (tertiary/aromatic N) is 4. The monoisotopic (exact) mass is 389 g/mol. The molecule has 1 unspecified atom stereocenters. The first kappa shape index (κ1) is 18.7. The summed E-state index contributed by atoms with van der Waals surface area (Å²) in [4.78, 5) is 2.00. The van der Waals surface area contributed by atoms with E-state index in [1.807, 2.05) is 50.2 Å². The number of nitriles is 1. The second kappa shape index (κ2) is 7.08. The predicted octanol–water partition coefficient (Wildman–Crippen LogP) is 3.39. The lowest BCUT2D eigenvalue weighted by molar-refractivity contribution is 0.228. The molecule has 6 nitrogen and oxygen atoms in total. The minimum absolute atomic E-state index is 0.336. The Morgan fingerprint density at radius 3 is 2.38 bits per heavy atom. The first-order valence-corrected chi connectivity index (χ1v) is 9.11. The van der Waals surface area contributed by atoms with Crippen LogP contribution in [0.5, 0.6) is 5.88 Å². The number of hydrogen-bond donors (Lipinski definition) is 1. The molecule has 1 aliphatic rings. The van der Waals surface area contributed by atoms with Crippen molar-refractivity contribution in [2.75, 3.05) is 19.0 Å². The lowest BCUT2D eigenvalue weighted by Crippen LogP contribution is -2.33. The number of aryl methyl sites for hydroxylation is 1. The molecule has 146 valence electrons. The minimum Gasteiger partial charge on any atom is -0.453 e. The molecule has 7 heteroatoms. The molecule has 0 spiro atoms. The van der Waals surface area contributed by atoms with E-state index in [0.717, 1.165) is 11.3 Å². The lowest BCUT2D eigenvalue weighted by Gasteiger charge is -2.25. The van der Waals surface area contributed by atoms with E-state index in [0.29, 0.717) is 34.0 Å². The SMILES string of the molecule is Cc1nn(-c2ccc(F)cc2)c2c1C(c1ccc(N(C)C)cc1)=C(C#N)C(N)O2. The summed E-state index contributed by atoms with van der Waals surface area (Å²) in [5.41, 5.74) is 11.2. The molecule has 0 saturated carbocycles. The predicted molar refractivity (Wildman–Crippen MR) is 109 cm³/mol. The maximum Gasteiger partial charge on any atom is 0.226 e. The lowest BCUT2D eigenvalue weighted by atomic mass is 9.91. The van der Waals surface area contributed by atoms with E-state index in [2.05, 4.69) is 11.2 Å². The molecule has 0 bridgehead atoms. The van der Waals surface area contributed by atoms with Crippen molar-refractivity contribution in [3.8, 4) is 17.6 Å². The van der Waals surface area contributed by atoms with Crippen molar-refractivity contribution in [1.29, 1.82) is 5.26 Å². The maximum absolute atomic E-state index is 13.4. The molecule has 2 heterocycles. The Morgan fingerprint density at radius 1 is 1.14 bits per heavy atom. The van der Waals surface area contributed by atoms with E-state index in [-0.39, 0.29) is 5.82 Å². The summed E-state index contributed by atoms with van der Waals surface area (Å²) >= 11 is 0. The fourth-order valence-electron chi connectivity index (χ4n) is 3.46. The number of nitrogens with two attached hydrogens (primary N) is 1. The molecular formula is C22H20FN5O. The summed E-state index contributed by atoms with van der Waals surface area (Å²) in [6, 6.07) is 16.0. The third kappa shape index (κ3) is 3.13. The van der Waals surface area contributed by atoms with E-state index in [9.17, 15) is 9.65 Å². The first-order chi connectivity index (χ1) is 13.9. The zero-order valence-electron chi connectivity index (χ0n) is 16.3. The second-order valence-electron chi connectivity index (χ2n) is 7.03. The highest BCUT2D eigenvalue weighted by Crippen LogP contribution is 2.42. The quantitative estimate of drug-likeness (QED) is 0.743. The smallest absolute Gasteiger partial charge is 0.226 e. The molecule has 1 aromatic heterocycles. The summed E-state index contributed by atoms with van der Waals surface area (Å²) in [5, 5.41) is 14.3. The highest BCUT2D eigenvalue weighted by molar-refractivity contribution is 5.89. The van der Waals surface area contributed by atoms with Crippen LogP contribution in [-0.2, 0) is 0 Å². The number of halogens is 1. The molecule has 0 fully saturated rings. The number of fused-ring (bicyclic) bond motifs is 1. The highest BCUT2D eigenvalue weighted by atomic mass is 19.1. The maximum atomic E-state index is 13.4. The van der Waals surface area contributed by atoms with E-state index in [1.54, 1.807) is 16.8 Å². The standard InChI is InChI=1S/C22H20FN5O/c1-13-19-20(14-4-8-16(9-5-14)27(2)3)18(12-24)21(25)29-22(19)28(26-13)17-10-6-15(23)7-11-17/h4-11,21H,25H2,1-3H3. The Balaban J connectivity index is 1.92. The van der Waals surface area contributed by atoms with E-state index in [4.69, 9.17) is 10.5 Å². The Bertz CT molecular complexity index is 1140. The van der Waals surface area contributed by atoms with Crippen molar-refractivity contribution in [2.45, 2.75) is 13.2 Å². The molecule has 29 heavy (non-hydrogen) atoms. The van der Waals surface area contributed by atoms with Crippen molar-refractivity contribution < 1.29 is 9.13 Å². The number of rotatable bonds is 3. The van der Waals surface area contributed by atoms with Gasteiger partial charge in [0.2, 0.25) is 5.88 Å². The van der Waals surface area contributed by atoms with E-state index < -0.39 is 6.23 Å². The molecule has 0 aliphatic carbocycles. The molecule has 0 saturated heterocycles. The first-order valence-electron chi connectivity index (χ1n) is 9.11. The summed E-state index contributed by atoms with van der Waals surface area (Å²) < 4.78 is 20.8. The van der Waals surface area contributed by atoms with Gasteiger partial charge >= 0.3 is 0 Å². The summed E-state index contributed by atoms with van der Waals surface area (Å²) in [6.45, 7) is 1.85. The van der Waals surface area contributed by atoms with Gasteiger partial charge in [0.05, 0.1) is 22.5 Å². The van der Waals surface area contributed by atoms with Crippen LogP contribution in [0, 0.1) is 24.1 Å². The van der Waals surface area contributed by atoms with Crippen LogP contribution in [0.1, 0.15) is 16.8 Å². The van der Waals surface area contributed by atoms with Crippen molar-refractivity contribution in [1.82, 2.24) is 9.78 Å². The van der Waals surface area contributed by atoms with Gasteiger partial charge in [-0.2, -0.15) is 10.4 Å². The third-order valence-electron chi connectivity index (χ3n) is 4.92. The minimum atomic E-state index is -0.925. The Labute approximate surface area is 168 Å². The van der Waals surface area contributed by atoms with Crippen molar-refractivity contribution >= 4 is 11.3 Å². The molecule has 4 rings (SSSR count). The number of benzene rings is 2. The number of aromatic nitrogens is 2. The summed E-state index contributed by atoms with van der Waals surface area (Å²) in [6.07, 6.45) is -0.925. The number of hydrogen-bond acceptors (Lipinski definition) is 5. The van der Waals surface area contributed by atoms with Crippen LogP contribution in [0.3, 0.4) is 0 Å². The Kier molecular flexibility index (Phi) is 4.57. The fourth-order valence-corrected chi connectivity index (χ4v) is 3.46. The second-order valence-corrected chi connectivity index (χ2v) is 7.03. The normalized spacial score (nSPS) is 15.5. The number of anilines is 1. The van der Waals surface area contributed by atoms with Crippen LogP contribution in [-0.4, -0.2) is 30.1 Å². The average molecular weight is 389 g/mol. The molecule has 2 N–H and O–H groups in total. The highest BCUT2D eigenvalue weighted by Gasteiger charge is 2.33. The van der Waals surface area contributed by atoms with Gasteiger partial charge in [-0.25, -0.2) is 9.07 Å². The van der Waals surface area contributed by atoms with Crippen LogP contribution >= 0.6 is 0 Å². The molecule has 0 radical (unpaired) electrons.